The molecule has 0 fully saturated rings. The van der Waals surface area contributed by atoms with E-state index < -0.39 is 37.8 Å². The summed E-state index contributed by atoms with van der Waals surface area (Å²) in [6.45, 7) is 0. The second-order valence-corrected chi connectivity index (χ2v) is 2.49. The van der Waals surface area contributed by atoms with E-state index in [1.165, 1.54) is 0 Å². The van der Waals surface area contributed by atoms with Crippen molar-refractivity contribution in [1.29, 1.82) is 0 Å². The first-order valence-corrected chi connectivity index (χ1v) is 3.39. The van der Waals surface area contributed by atoms with Gasteiger partial charge in [0.1, 0.15) is 0 Å². The maximum Gasteiger partial charge on any atom is 0.453 e. The molecule has 0 heterocycles. The van der Waals surface area contributed by atoms with Gasteiger partial charge in [0.15, 0.2) is 0 Å². The molecule has 0 N–H and O–H groups in total. The van der Waals surface area contributed by atoms with E-state index in [1.807, 2.05) is 0 Å². The first kappa shape index (κ1) is 12.5. The summed E-state index contributed by atoms with van der Waals surface area (Å²) in [4.78, 5) is 0. The van der Waals surface area contributed by atoms with Crippen molar-refractivity contribution in [3.63, 3.8) is 0 Å². The molecule has 13 heavy (non-hydrogen) atoms. The minimum Gasteiger partial charge on any atom is -0.211 e. The largest absolute Gasteiger partial charge is 0.453 e. The second-order valence-electron chi connectivity index (χ2n) is 2.49. The summed E-state index contributed by atoms with van der Waals surface area (Å²) < 4.78 is 81.0. The lowest BCUT2D eigenvalue weighted by atomic mass is 10.1. The third kappa shape index (κ3) is 4.33. The Hall–Kier alpha value is -0.490. The quantitative estimate of drug-likeness (QED) is 0.624. The van der Waals surface area contributed by atoms with Gasteiger partial charge >= 0.3 is 12.1 Å². The number of alkyl halides is 7. The lowest BCUT2D eigenvalue weighted by molar-refractivity contribution is -0.284. The van der Waals surface area contributed by atoms with Gasteiger partial charge in [-0.25, -0.2) is 8.78 Å². The Morgan fingerprint density at radius 1 is 0.923 bits per heavy atom. The van der Waals surface area contributed by atoms with Crippen LogP contribution in [0, 0.1) is 0 Å². The molecule has 0 saturated heterocycles. The lowest BCUT2D eigenvalue weighted by Crippen LogP contribution is -2.36. The number of rotatable bonds is 4. The highest BCUT2D eigenvalue weighted by molar-refractivity contribution is 4.75. The zero-order valence-electron chi connectivity index (χ0n) is 6.34. The summed E-state index contributed by atoms with van der Waals surface area (Å²) >= 11 is 0. The monoisotopic (exact) mass is 212 g/mol. The van der Waals surface area contributed by atoms with Crippen LogP contribution in [0.1, 0.15) is 19.3 Å². The zero-order valence-corrected chi connectivity index (χ0v) is 6.34. The van der Waals surface area contributed by atoms with Crippen LogP contribution in [0.2, 0.25) is 0 Å². The molecule has 0 aromatic carbocycles. The van der Waals surface area contributed by atoms with E-state index in [4.69, 9.17) is 0 Å². The standard InChI is InChI=1S/C6H7F7/c7-4(8)2-1-3-5(9,10)6(11,12)13/h4H,1-3H2. The van der Waals surface area contributed by atoms with Gasteiger partial charge < -0.3 is 0 Å². The van der Waals surface area contributed by atoms with Crippen LogP contribution in [0.4, 0.5) is 30.7 Å². The van der Waals surface area contributed by atoms with Crippen molar-refractivity contribution < 1.29 is 30.7 Å². The van der Waals surface area contributed by atoms with Gasteiger partial charge in [-0.05, 0) is 6.42 Å². The average Bonchev–Trinajstić information content (AvgIpc) is 1.82. The molecule has 0 rings (SSSR count). The zero-order chi connectivity index (χ0) is 10.7. The van der Waals surface area contributed by atoms with Gasteiger partial charge in [-0.1, -0.05) is 0 Å². The first-order valence-electron chi connectivity index (χ1n) is 3.39. The molecule has 0 nitrogen and oxygen atoms in total. The van der Waals surface area contributed by atoms with Crippen LogP contribution in [0.15, 0.2) is 0 Å². The van der Waals surface area contributed by atoms with Crippen LogP contribution in [0.5, 0.6) is 0 Å². The normalized spacial score (nSPS) is 13.8. The Morgan fingerprint density at radius 2 is 1.38 bits per heavy atom. The molecule has 0 saturated carbocycles. The lowest BCUT2D eigenvalue weighted by Gasteiger charge is -2.18. The van der Waals surface area contributed by atoms with Crippen LogP contribution in [-0.4, -0.2) is 18.5 Å². The van der Waals surface area contributed by atoms with Crippen molar-refractivity contribution in [2.75, 3.05) is 0 Å². The van der Waals surface area contributed by atoms with Gasteiger partial charge in [-0.2, -0.15) is 22.0 Å². The molecule has 0 aliphatic carbocycles. The highest BCUT2D eigenvalue weighted by atomic mass is 19.4. The molecule has 0 aliphatic rings. The number of hydrogen-bond donors (Lipinski definition) is 0. The molecule has 0 radical (unpaired) electrons. The van der Waals surface area contributed by atoms with Crippen LogP contribution >= 0.6 is 0 Å². The van der Waals surface area contributed by atoms with Gasteiger partial charge in [-0.3, -0.25) is 0 Å². The maximum absolute atomic E-state index is 12.0. The molecule has 0 unspecified atom stereocenters. The van der Waals surface area contributed by atoms with Crippen molar-refractivity contribution in [3.8, 4) is 0 Å². The molecule has 0 atom stereocenters. The molecule has 0 amide bonds. The van der Waals surface area contributed by atoms with E-state index in [-0.39, 0.29) is 0 Å². The molecule has 0 aliphatic heterocycles. The van der Waals surface area contributed by atoms with Gasteiger partial charge in [0.05, 0.1) is 0 Å². The van der Waals surface area contributed by atoms with Gasteiger partial charge in [0.25, 0.3) is 0 Å². The van der Waals surface area contributed by atoms with Crippen LogP contribution in [0.25, 0.3) is 0 Å². The van der Waals surface area contributed by atoms with E-state index in [9.17, 15) is 30.7 Å². The van der Waals surface area contributed by atoms with Crippen molar-refractivity contribution in [3.05, 3.63) is 0 Å². The Balaban J connectivity index is 3.90. The van der Waals surface area contributed by atoms with E-state index >= 15 is 0 Å². The fraction of sp³-hybridized carbons (Fsp3) is 1.00. The van der Waals surface area contributed by atoms with Gasteiger partial charge in [0.2, 0.25) is 6.43 Å². The van der Waals surface area contributed by atoms with E-state index in [0.717, 1.165) is 0 Å². The number of hydrogen-bond acceptors (Lipinski definition) is 0. The SMILES string of the molecule is FC(F)CCCC(F)(F)C(F)(F)F. The van der Waals surface area contributed by atoms with Crippen LogP contribution < -0.4 is 0 Å². The molecule has 80 valence electrons. The summed E-state index contributed by atoms with van der Waals surface area (Å²) in [5.74, 6) is -4.86. The Labute approximate surface area is 69.7 Å². The minimum atomic E-state index is -5.64. The summed E-state index contributed by atoms with van der Waals surface area (Å²) in [6, 6.07) is 0. The summed E-state index contributed by atoms with van der Waals surface area (Å²) in [5, 5.41) is 0. The predicted molar refractivity (Wildman–Crippen MR) is 30.9 cm³/mol. The highest BCUT2D eigenvalue weighted by Crippen LogP contribution is 2.39. The van der Waals surface area contributed by atoms with Crippen molar-refractivity contribution in [1.82, 2.24) is 0 Å². The van der Waals surface area contributed by atoms with E-state index in [0.29, 0.717) is 0 Å². The van der Waals surface area contributed by atoms with Crippen LogP contribution in [0.3, 0.4) is 0 Å². The molecule has 0 bridgehead atoms. The van der Waals surface area contributed by atoms with E-state index in [1.54, 1.807) is 0 Å². The molecule has 0 spiro atoms. The first-order chi connectivity index (χ1) is 5.67. The Bertz CT molecular complexity index is 148. The minimum absolute atomic E-state index is 0.843. The van der Waals surface area contributed by atoms with Crippen molar-refractivity contribution in [2.24, 2.45) is 0 Å². The average molecular weight is 212 g/mol. The second kappa shape index (κ2) is 4.15. The Morgan fingerprint density at radius 3 is 1.69 bits per heavy atom. The fourth-order valence-electron chi connectivity index (χ4n) is 0.620. The number of halogens is 7. The summed E-state index contributed by atoms with van der Waals surface area (Å²) in [6.07, 6.45) is -11.9. The van der Waals surface area contributed by atoms with Crippen molar-refractivity contribution >= 4 is 0 Å². The smallest absolute Gasteiger partial charge is 0.211 e. The Kier molecular flexibility index (Phi) is 3.99. The third-order valence-corrected chi connectivity index (χ3v) is 1.33. The van der Waals surface area contributed by atoms with E-state index in [2.05, 4.69) is 0 Å². The van der Waals surface area contributed by atoms with Gasteiger partial charge in [-0.15, -0.1) is 0 Å². The van der Waals surface area contributed by atoms with Crippen LogP contribution in [-0.2, 0) is 0 Å². The van der Waals surface area contributed by atoms with Gasteiger partial charge in [0, 0.05) is 12.8 Å². The topological polar surface area (TPSA) is 0 Å². The highest BCUT2D eigenvalue weighted by Gasteiger charge is 2.56. The maximum atomic E-state index is 12.0. The molecular weight excluding hydrogens is 205 g/mol. The third-order valence-electron chi connectivity index (χ3n) is 1.33. The molecule has 0 aromatic heterocycles. The summed E-state index contributed by atoms with van der Waals surface area (Å²) in [7, 11) is 0. The van der Waals surface area contributed by atoms with Crippen molar-refractivity contribution in [2.45, 2.75) is 37.8 Å². The molecule has 0 aromatic rings. The molecular formula is C6H7F7. The molecule has 7 heteroatoms. The summed E-state index contributed by atoms with van der Waals surface area (Å²) in [5.41, 5.74) is 0. The fourth-order valence-corrected chi connectivity index (χ4v) is 0.620. The predicted octanol–water partition coefficient (Wildman–Crippen LogP) is 3.62.